The summed E-state index contributed by atoms with van der Waals surface area (Å²) in [4.78, 5) is 11.8. The third kappa shape index (κ3) is 2.51. The number of hydrogen-bond donors (Lipinski definition) is 1. The second-order valence-corrected chi connectivity index (χ2v) is 8.71. The molecule has 0 aromatic heterocycles. The van der Waals surface area contributed by atoms with Gasteiger partial charge in [0.05, 0.1) is 18.7 Å². The highest BCUT2D eigenvalue weighted by Crippen LogP contribution is 2.64. The van der Waals surface area contributed by atoms with Gasteiger partial charge in [0.1, 0.15) is 0 Å². The number of carbonyl (C=O) groups is 1. The Bertz CT molecular complexity index is 901. The fourth-order valence-corrected chi connectivity index (χ4v) is 6.30. The van der Waals surface area contributed by atoms with Gasteiger partial charge >= 0.3 is 5.97 Å². The van der Waals surface area contributed by atoms with Crippen LogP contribution in [0.4, 0.5) is 5.69 Å². The Morgan fingerprint density at radius 3 is 2.56 bits per heavy atom. The number of benzene rings is 2. The van der Waals surface area contributed by atoms with Gasteiger partial charge in [-0.1, -0.05) is 18.2 Å². The molecular formula is C24H27NO2. The van der Waals surface area contributed by atoms with Gasteiger partial charge in [0, 0.05) is 5.69 Å². The summed E-state index contributed by atoms with van der Waals surface area (Å²) < 4.78 is 4.85. The smallest absolute Gasteiger partial charge is 0.337 e. The first-order valence-corrected chi connectivity index (χ1v) is 10.1. The zero-order valence-electron chi connectivity index (χ0n) is 16.3. The molecule has 0 saturated heterocycles. The van der Waals surface area contributed by atoms with Crippen LogP contribution in [-0.2, 0) is 4.74 Å². The Morgan fingerprint density at radius 1 is 1.07 bits per heavy atom. The lowest BCUT2D eigenvalue weighted by molar-refractivity contribution is 0.0600. The van der Waals surface area contributed by atoms with E-state index in [0.717, 1.165) is 11.8 Å². The first kappa shape index (κ1) is 16.9. The molecule has 2 aromatic rings. The summed E-state index contributed by atoms with van der Waals surface area (Å²) in [5.41, 5.74) is 7.56. The lowest BCUT2D eigenvalue weighted by Gasteiger charge is -2.44. The first-order chi connectivity index (χ1) is 13.1. The molecule has 1 N–H and O–H groups in total. The Kier molecular flexibility index (Phi) is 3.82. The molecule has 5 unspecified atom stereocenters. The molecule has 27 heavy (non-hydrogen) atoms. The van der Waals surface area contributed by atoms with E-state index in [2.05, 4.69) is 43.4 Å². The third-order valence-corrected chi connectivity index (χ3v) is 7.23. The van der Waals surface area contributed by atoms with Crippen LogP contribution in [0, 0.1) is 31.6 Å². The van der Waals surface area contributed by atoms with E-state index in [1.807, 2.05) is 12.1 Å². The van der Waals surface area contributed by atoms with Crippen molar-refractivity contribution in [3.05, 3.63) is 64.2 Å². The van der Waals surface area contributed by atoms with E-state index in [0.29, 0.717) is 23.4 Å². The van der Waals surface area contributed by atoms with Crippen LogP contribution in [0.5, 0.6) is 0 Å². The van der Waals surface area contributed by atoms with Gasteiger partial charge in [-0.15, -0.1) is 0 Å². The van der Waals surface area contributed by atoms with Gasteiger partial charge in [-0.3, -0.25) is 0 Å². The molecule has 1 aliphatic heterocycles. The molecule has 5 atom stereocenters. The number of aryl methyl sites for hydroxylation is 2. The number of nitrogens with one attached hydrogen (secondary N) is 1. The van der Waals surface area contributed by atoms with Crippen molar-refractivity contribution in [3.63, 3.8) is 0 Å². The highest BCUT2D eigenvalue weighted by Gasteiger charge is 2.54. The van der Waals surface area contributed by atoms with Crippen LogP contribution in [0.1, 0.15) is 63.8 Å². The molecule has 2 aliphatic carbocycles. The Hall–Kier alpha value is -2.29. The fourth-order valence-electron chi connectivity index (χ4n) is 6.30. The highest BCUT2D eigenvalue weighted by molar-refractivity contribution is 5.89. The molecule has 140 valence electrons. The Morgan fingerprint density at radius 2 is 1.81 bits per heavy atom. The molecule has 1 heterocycles. The zero-order chi connectivity index (χ0) is 18.7. The maximum atomic E-state index is 11.8. The van der Waals surface area contributed by atoms with Crippen LogP contribution >= 0.6 is 0 Å². The van der Waals surface area contributed by atoms with E-state index in [9.17, 15) is 4.79 Å². The van der Waals surface area contributed by atoms with Crippen LogP contribution in [0.15, 0.2) is 36.4 Å². The summed E-state index contributed by atoms with van der Waals surface area (Å²) in [6.45, 7) is 4.46. The van der Waals surface area contributed by atoms with Crippen molar-refractivity contribution < 1.29 is 9.53 Å². The van der Waals surface area contributed by atoms with Crippen molar-refractivity contribution in [2.75, 3.05) is 12.4 Å². The number of rotatable bonds is 2. The molecule has 2 fully saturated rings. The number of esters is 1. The van der Waals surface area contributed by atoms with Crippen molar-refractivity contribution in [2.24, 2.45) is 17.8 Å². The molecule has 0 amide bonds. The molecule has 3 nitrogen and oxygen atoms in total. The minimum absolute atomic E-state index is 0.271. The number of ether oxygens (including phenoxy) is 1. The zero-order valence-corrected chi connectivity index (χ0v) is 16.3. The maximum Gasteiger partial charge on any atom is 0.337 e. The van der Waals surface area contributed by atoms with E-state index in [1.165, 1.54) is 48.8 Å². The van der Waals surface area contributed by atoms with Crippen molar-refractivity contribution in [3.8, 4) is 0 Å². The number of hydrogen-bond acceptors (Lipinski definition) is 3. The van der Waals surface area contributed by atoms with Gasteiger partial charge in [0.15, 0.2) is 0 Å². The lowest BCUT2D eigenvalue weighted by atomic mass is 9.67. The van der Waals surface area contributed by atoms with Crippen molar-refractivity contribution in [1.82, 2.24) is 0 Å². The summed E-state index contributed by atoms with van der Waals surface area (Å²) in [6, 6.07) is 13.0. The van der Waals surface area contributed by atoms with Crippen molar-refractivity contribution >= 4 is 11.7 Å². The fraction of sp³-hybridized carbons (Fsp3) is 0.458. The van der Waals surface area contributed by atoms with Gasteiger partial charge < -0.3 is 10.1 Å². The van der Waals surface area contributed by atoms with E-state index >= 15 is 0 Å². The number of methoxy groups -OCH3 is 1. The number of carbonyl (C=O) groups excluding carboxylic acids is 1. The topological polar surface area (TPSA) is 38.3 Å². The molecular weight excluding hydrogens is 334 g/mol. The van der Waals surface area contributed by atoms with Gasteiger partial charge in [0.25, 0.3) is 0 Å². The normalized spacial score (nSPS) is 30.4. The summed E-state index contributed by atoms with van der Waals surface area (Å²) in [6.07, 6.45) is 4.12. The molecule has 0 radical (unpaired) electrons. The van der Waals surface area contributed by atoms with Crippen LogP contribution in [-0.4, -0.2) is 13.1 Å². The summed E-state index contributed by atoms with van der Waals surface area (Å²) >= 11 is 0. The predicted molar refractivity (Wildman–Crippen MR) is 107 cm³/mol. The highest BCUT2D eigenvalue weighted by atomic mass is 16.5. The van der Waals surface area contributed by atoms with Gasteiger partial charge in [-0.25, -0.2) is 4.79 Å². The van der Waals surface area contributed by atoms with Crippen LogP contribution in [0.2, 0.25) is 0 Å². The number of anilines is 1. The Labute approximate surface area is 161 Å². The van der Waals surface area contributed by atoms with E-state index in [1.54, 1.807) is 5.56 Å². The molecule has 2 saturated carbocycles. The first-order valence-electron chi connectivity index (χ1n) is 10.1. The van der Waals surface area contributed by atoms with Crippen LogP contribution < -0.4 is 5.32 Å². The average Bonchev–Trinajstić information content (AvgIpc) is 3.28. The van der Waals surface area contributed by atoms with Gasteiger partial charge in [-0.05, 0) is 97.2 Å². The van der Waals surface area contributed by atoms with Crippen LogP contribution in [0.3, 0.4) is 0 Å². The van der Waals surface area contributed by atoms with Crippen molar-refractivity contribution in [2.45, 2.75) is 45.1 Å². The SMILES string of the molecule is COC(=O)c1ccc(C2Nc3cc(C)cc(C)c3C3C4CCC(C4)C23)cc1. The largest absolute Gasteiger partial charge is 0.465 e. The monoisotopic (exact) mass is 361 g/mol. The summed E-state index contributed by atoms with van der Waals surface area (Å²) in [5, 5.41) is 3.90. The second kappa shape index (κ2) is 6.12. The van der Waals surface area contributed by atoms with E-state index in [4.69, 9.17) is 4.74 Å². The third-order valence-electron chi connectivity index (χ3n) is 7.23. The molecule has 5 rings (SSSR count). The average molecular weight is 361 g/mol. The van der Waals surface area contributed by atoms with Gasteiger partial charge in [-0.2, -0.15) is 0 Å². The molecule has 2 aromatic carbocycles. The van der Waals surface area contributed by atoms with Crippen LogP contribution in [0.25, 0.3) is 0 Å². The Balaban J connectivity index is 1.58. The summed E-state index contributed by atoms with van der Waals surface area (Å²) in [7, 11) is 1.43. The lowest BCUT2D eigenvalue weighted by Crippen LogP contribution is -2.36. The maximum absolute atomic E-state index is 11.8. The van der Waals surface area contributed by atoms with Crippen molar-refractivity contribution in [1.29, 1.82) is 0 Å². The predicted octanol–water partition coefficient (Wildman–Crippen LogP) is 5.39. The van der Waals surface area contributed by atoms with E-state index in [-0.39, 0.29) is 5.97 Å². The minimum Gasteiger partial charge on any atom is -0.465 e. The minimum atomic E-state index is -0.271. The summed E-state index contributed by atoms with van der Waals surface area (Å²) in [5.74, 6) is 2.70. The standard InChI is InChI=1S/C24H27NO2/c1-13-10-14(2)20-19(11-13)25-23(22-18-9-8-17(12-18)21(20)22)15-4-6-16(7-5-15)24(26)27-3/h4-7,10-11,17-18,21-23,25H,8-9,12H2,1-3H3. The second-order valence-electron chi connectivity index (χ2n) is 8.71. The van der Waals surface area contributed by atoms with E-state index < -0.39 is 0 Å². The molecule has 3 aliphatic rings. The molecule has 0 spiro atoms. The molecule has 2 bridgehead atoms. The number of fused-ring (bicyclic) bond motifs is 7. The molecule has 3 heteroatoms. The van der Waals surface area contributed by atoms with Gasteiger partial charge in [0.2, 0.25) is 0 Å². The quantitative estimate of drug-likeness (QED) is 0.729.